The van der Waals surface area contributed by atoms with E-state index in [1.807, 2.05) is 0 Å². The number of rotatable bonds is 37. The van der Waals surface area contributed by atoms with Gasteiger partial charge in [-0.3, -0.25) is 4.18 Å². The molecule has 0 radical (unpaired) electrons. The van der Waals surface area contributed by atoms with Gasteiger partial charge in [0, 0.05) is 5.92 Å². The SMILES string of the molecule is CCCCCCCCCCCCCCCCCC/C=C/C(CCCCCCCCCCCCCCCCC)COS(=O)(=O)[O-].[K+]. The fraction of sp³-hybridized carbons (Fsp3) is 0.949. The predicted octanol–water partition coefficient (Wildman–Crippen LogP) is 10.6. The molecule has 4 nitrogen and oxygen atoms in total. The zero-order valence-corrected chi connectivity index (χ0v) is 34.8. The molecular weight excluding hydrogens is 604 g/mol. The average molecular weight is 681 g/mol. The minimum absolute atomic E-state index is 0. The Kier molecular flexibility index (Phi) is 42.6. The fourth-order valence-corrected chi connectivity index (χ4v) is 6.62. The summed E-state index contributed by atoms with van der Waals surface area (Å²) in [4.78, 5) is 0. The molecule has 0 saturated carbocycles. The first-order chi connectivity index (χ1) is 21.5. The van der Waals surface area contributed by atoms with Crippen molar-refractivity contribution in [2.75, 3.05) is 6.61 Å². The third-order valence-corrected chi connectivity index (χ3v) is 9.66. The van der Waals surface area contributed by atoms with E-state index in [0.29, 0.717) is 0 Å². The van der Waals surface area contributed by atoms with Crippen molar-refractivity contribution in [3.63, 3.8) is 0 Å². The third-order valence-electron chi connectivity index (χ3n) is 9.24. The Hall–Kier alpha value is 1.25. The van der Waals surface area contributed by atoms with Gasteiger partial charge < -0.3 is 4.55 Å². The topological polar surface area (TPSA) is 66.4 Å². The molecule has 0 fully saturated rings. The molecule has 0 saturated heterocycles. The molecule has 0 aromatic rings. The summed E-state index contributed by atoms with van der Waals surface area (Å²) in [6, 6.07) is 0. The number of unbranched alkanes of at least 4 members (excludes halogenated alkanes) is 30. The summed E-state index contributed by atoms with van der Waals surface area (Å²) in [6.45, 7) is 4.55. The maximum atomic E-state index is 11.0. The van der Waals surface area contributed by atoms with Crippen LogP contribution >= 0.6 is 0 Å². The maximum absolute atomic E-state index is 11.0. The quantitative estimate of drug-likeness (QED) is 0.0215. The van der Waals surface area contributed by atoms with Gasteiger partial charge in [0.2, 0.25) is 10.4 Å². The second kappa shape index (κ2) is 39.7. The van der Waals surface area contributed by atoms with Crippen LogP contribution < -0.4 is 51.4 Å². The molecule has 0 rings (SSSR count). The standard InChI is InChI=1S/C39H78O4S.K/c1-3-5-7-9-11-13-15-17-19-20-21-23-25-27-29-31-33-35-37-39(38-43-44(40,41)42)36-34-32-30-28-26-24-22-18-16-14-12-10-8-6-4-2;/h35,37,39H,3-34,36,38H2,1-2H3,(H,40,41,42);/q;+1/p-1/b37-35+;. The zero-order valence-electron chi connectivity index (χ0n) is 30.8. The Morgan fingerprint density at radius 3 is 1.09 bits per heavy atom. The molecule has 0 aliphatic carbocycles. The van der Waals surface area contributed by atoms with Crippen LogP contribution in [0, 0.1) is 5.92 Å². The molecule has 264 valence electrons. The van der Waals surface area contributed by atoms with Gasteiger partial charge in [-0.25, -0.2) is 8.42 Å². The van der Waals surface area contributed by atoms with Crippen LogP contribution in [0.3, 0.4) is 0 Å². The molecule has 0 aromatic carbocycles. The molecule has 0 aromatic heterocycles. The minimum Gasteiger partial charge on any atom is -0.726 e. The monoisotopic (exact) mass is 681 g/mol. The molecule has 1 atom stereocenters. The molecule has 1 unspecified atom stereocenters. The van der Waals surface area contributed by atoms with Gasteiger partial charge in [0.25, 0.3) is 0 Å². The van der Waals surface area contributed by atoms with Crippen molar-refractivity contribution in [2.24, 2.45) is 5.92 Å². The van der Waals surface area contributed by atoms with E-state index in [1.54, 1.807) is 0 Å². The second-order valence-electron chi connectivity index (χ2n) is 13.7. The summed E-state index contributed by atoms with van der Waals surface area (Å²) in [5.41, 5.74) is 0. The molecule has 0 N–H and O–H groups in total. The summed E-state index contributed by atoms with van der Waals surface area (Å²) in [5.74, 6) is 0.0155. The van der Waals surface area contributed by atoms with Gasteiger partial charge in [0.1, 0.15) is 0 Å². The first-order valence-corrected chi connectivity index (χ1v) is 21.1. The van der Waals surface area contributed by atoms with Crippen LogP contribution in [0.25, 0.3) is 0 Å². The van der Waals surface area contributed by atoms with Crippen LogP contribution in [-0.4, -0.2) is 19.6 Å². The van der Waals surface area contributed by atoms with E-state index in [2.05, 4.69) is 30.2 Å². The van der Waals surface area contributed by atoms with Crippen molar-refractivity contribution in [1.82, 2.24) is 0 Å². The van der Waals surface area contributed by atoms with Crippen molar-refractivity contribution in [1.29, 1.82) is 0 Å². The van der Waals surface area contributed by atoms with Crippen LogP contribution in [0.5, 0.6) is 0 Å². The Morgan fingerprint density at radius 2 is 0.778 bits per heavy atom. The molecule has 0 amide bonds. The zero-order chi connectivity index (χ0) is 32.2. The maximum Gasteiger partial charge on any atom is 1.00 e. The normalized spacial score (nSPS) is 12.6. The summed E-state index contributed by atoms with van der Waals surface area (Å²) in [6.07, 6.45) is 48.2. The first kappa shape index (κ1) is 48.4. The van der Waals surface area contributed by atoms with Crippen LogP contribution in [-0.2, 0) is 14.6 Å². The summed E-state index contributed by atoms with van der Waals surface area (Å²) < 4.78 is 37.6. The van der Waals surface area contributed by atoms with E-state index in [4.69, 9.17) is 0 Å². The molecule has 0 aliphatic rings. The predicted molar refractivity (Wildman–Crippen MR) is 192 cm³/mol. The molecule has 0 aliphatic heterocycles. The van der Waals surface area contributed by atoms with E-state index < -0.39 is 10.4 Å². The Morgan fingerprint density at radius 1 is 0.489 bits per heavy atom. The summed E-state index contributed by atoms with van der Waals surface area (Å²) >= 11 is 0. The first-order valence-electron chi connectivity index (χ1n) is 19.8. The summed E-state index contributed by atoms with van der Waals surface area (Å²) in [7, 11) is -4.63. The van der Waals surface area contributed by atoms with Crippen molar-refractivity contribution in [2.45, 2.75) is 226 Å². The van der Waals surface area contributed by atoms with Gasteiger partial charge in [-0.05, 0) is 19.3 Å². The molecular formula is C39H77KO4S. The van der Waals surface area contributed by atoms with Crippen LogP contribution in [0.15, 0.2) is 12.2 Å². The van der Waals surface area contributed by atoms with E-state index >= 15 is 0 Å². The Bertz CT molecular complexity index is 683. The minimum atomic E-state index is -4.63. The van der Waals surface area contributed by atoms with Crippen molar-refractivity contribution >= 4 is 10.4 Å². The Labute approximate surface area is 326 Å². The Balaban J connectivity index is 0. The second-order valence-corrected chi connectivity index (χ2v) is 14.8. The number of hydrogen-bond donors (Lipinski definition) is 0. The van der Waals surface area contributed by atoms with Crippen LogP contribution in [0.1, 0.15) is 226 Å². The third kappa shape index (κ3) is 43.2. The van der Waals surface area contributed by atoms with E-state index in [1.165, 1.54) is 193 Å². The number of allylic oxidation sites excluding steroid dienone is 1. The molecule has 45 heavy (non-hydrogen) atoms. The van der Waals surface area contributed by atoms with Crippen molar-refractivity contribution < 1.29 is 68.5 Å². The number of hydrogen-bond acceptors (Lipinski definition) is 4. The van der Waals surface area contributed by atoms with Gasteiger partial charge in [0.15, 0.2) is 0 Å². The van der Waals surface area contributed by atoms with Crippen molar-refractivity contribution in [3.05, 3.63) is 12.2 Å². The smallest absolute Gasteiger partial charge is 0.726 e. The van der Waals surface area contributed by atoms with E-state index in [0.717, 1.165) is 19.3 Å². The largest absolute Gasteiger partial charge is 1.00 e. The molecule has 6 heteroatoms. The van der Waals surface area contributed by atoms with Crippen LogP contribution in [0.2, 0.25) is 0 Å². The van der Waals surface area contributed by atoms with E-state index in [-0.39, 0.29) is 63.9 Å². The molecule has 0 spiro atoms. The van der Waals surface area contributed by atoms with Gasteiger partial charge in [0.05, 0.1) is 6.61 Å². The van der Waals surface area contributed by atoms with Crippen molar-refractivity contribution in [3.8, 4) is 0 Å². The van der Waals surface area contributed by atoms with Gasteiger partial charge in [-0.2, -0.15) is 0 Å². The van der Waals surface area contributed by atoms with Gasteiger partial charge >= 0.3 is 51.4 Å². The fourth-order valence-electron chi connectivity index (χ4n) is 6.28. The summed E-state index contributed by atoms with van der Waals surface area (Å²) in [5, 5.41) is 0. The van der Waals surface area contributed by atoms with Gasteiger partial charge in [-0.1, -0.05) is 219 Å². The molecule has 0 bridgehead atoms. The van der Waals surface area contributed by atoms with Crippen LogP contribution in [0.4, 0.5) is 0 Å². The van der Waals surface area contributed by atoms with E-state index in [9.17, 15) is 13.0 Å². The molecule has 0 heterocycles. The average Bonchev–Trinajstić information content (AvgIpc) is 3.00. The van der Waals surface area contributed by atoms with Gasteiger partial charge in [-0.15, -0.1) is 0 Å².